The zero-order valence-corrected chi connectivity index (χ0v) is 39.1. The van der Waals surface area contributed by atoms with Crippen LogP contribution in [-0.4, -0.2) is 118 Å². The van der Waals surface area contributed by atoms with Crippen LogP contribution in [0.25, 0.3) is 11.3 Å². The zero-order chi connectivity index (χ0) is 47.2. The number of ether oxygens (including phenoxy) is 2. The molecule has 2 saturated heterocycles. The van der Waals surface area contributed by atoms with Gasteiger partial charge in [0, 0.05) is 54.2 Å². The summed E-state index contributed by atoms with van der Waals surface area (Å²) >= 11 is 1.06. The number of nitrogens with one attached hydrogen (secondary N) is 3. The molecule has 8 rings (SSSR count). The van der Waals surface area contributed by atoms with E-state index >= 15 is 0 Å². The van der Waals surface area contributed by atoms with Crippen molar-refractivity contribution >= 4 is 57.1 Å². The lowest BCUT2D eigenvalue weighted by Crippen LogP contribution is -2.58. The van der Waals surface area contributed by atoms with Crippen LogP contribution in [0.15, 0.2) is 35.7 Å². The molecule has 20 heteroatoms. The fraction of sp³-hybridized carbons (Fsp3) is 0.630. The number of benzene rings is 1. The number of sulfonamides is 1. The van der Waals surface area contributed by atoms with E-state index in [1.807, 2.05) is 12.2 Å². The monoisotopic (exact) mass is 954 g/mol. The number of phenols is 1. The third-order valence-electron chi connectivity index (χ3n) is 13.8. The molecular weight excluding hydrogens is 896 g/mol. The summed E-state index contributed by atoms with van der Waals surface area (Å²) in [4.78, 5) is 91.8. The van der Waals surface area contributed by atoms with Crippen LogP contribution in [0.1, 0.15) is 114 Å². The number of carbonyl (C=O) groups excluding carboxylic acids is 6. The molecule has 1 aromatic heterocycles. The predicted molar refractivity (Wildman–Crippen MR) is 238 cm³/mol. The summed E-state index contributed by atoms with van der Waals surface area (Å²) < 4.78 is 53.8. The third kappa shape index (κ3) is 10.4. The number of nitrogens with zero attached hydrogens (tertiary/aromatic N) is 3. The van der Waals surface area contributed by atoms with Crippen LogP contribution < -0.4 is 15.4 Å². The van der Waals surface area contributed by atoms with E-state index in [2.05, 4.69) is 20.3 Å². The van der Waals surface area contributed by atoms with Crippen LogP contribution >= 0.6 is 11.3 Å². The van der Waals surface area contributed by atoms with Crippen molar-refractivity contribution in [3.63, 3.8) is 0 Å². The summed E-state index contributed by atoms with van der Waals surface area (Å²) in [5, 5.41) is 16.5. The van der Waals surface area contributed by atoms with Crippen LogP contribution in [0.3, 0.4) is 0 Å². The van der Waals surface area contributed by atoms with E-state index in [1.54, 1.807) is 31.1 Å². The number of allylic oxidation sites excluding steroid dienone is 1. The largest absolute Gasteiger partial charge is 0.505 e. The molecule has 3 aliphatic carbocycles. The highest BCUT2D eigenvalue weighted by Crippen LogP contribution is 2.47. The first kappa shape index (κ1) is 47.4. The Morgan fingerprint density at radius 3 is 2.50 bits per heavy atom. The van der Waals surface area contributed by atoms with Crippen LogP contribution in [0.2, 0.25) is 0 Å². The highest BCUT2D eigenvalue weighted by atomic mass is 32.2. The molecule has 0 unspecified atom stereocenters. The van der Waals surface area contributed by atoms with Crippen molar-refractivity contribution in [1.82, 2.24) is 30.1 Å². The van der Waals surface area contributed by atoms with Crippen molar-refractivity contribution in [2.75, 3.05) is 26.2 Å². The van der Waals surface area contributed by atoms with Crippen LogP contribution in [0.4, 0.5) is 9.18 Å². The van der Waals surface area contributed by atoms with Crippen molar-refractivity contribution in [2.45, 2.75) is 132 Å². The normalized spacial score (nSPS) is 28.2. The van der Waals surface area contributed by atoms with Crippen molar-refractivity contribution in [3.05, 3.63) is 46.6 Å². The lowest BCUT2D eigenvalue weighted by molar-refractivity contribution is -0.152. The zero-order valence-electron chi connectivity index (χ0n) is 37.5. The van der Waals surface area contributed by atoms with Gasteiger partial charge in [-0.1, -0.05) is 37.8 Å². The molecule has 0 radical (unpaired) electrons. The van der Waals surface area contributed by atoms with Gasteiger partial charge >= 0.3 is 12.1 Å². The summed E-state index contributed by atoms with van der Waals surface area (Å²) in [6.07, 6.45) is 9.73. The van der Waals surface area contributed by atoms with E-state index < -0.39 is 103 Å². The Labute approximate surface area is 387 Å². The number of hydrogen-bond acceptors (Lipinski definition) is 13. The SMILES string of the molecule is CC(C)(C)OC(=O)NC1(COC(=O)C[C@H]2CCCCC/C=C\[C@@H]3C[C@@]3(C(=O)NS(=O)(=O)C3CC3)NC(=O)[C@@H]3[C@H]4CN(C(=O)c5nc(-c6ccc(O)c(F)c6)cs5)C[C@H]4CN3C2=O)CCCC1. The van der Waals surface area contributed by atoms with E-state index in [-0.39, 0.29) is 50.0 Å². The van der Waals surface area contributed by atoms with Crippen LogP contribution in [-0.2, 0) is 38.7 Å². The Hall–Kier alpha value is -5.11. The lowest BCUT2D eigenvalue weighted by atomic mass is 9.92. The quantitative estimate of drug-likeness (QED) is 0.183. The summed E-state index contributed by atoms with van der Waals surface area (Å²) in [5.74, 6) is -6.72. The van der Waals surface area contributed by atoms with E-state index in [4.69, 9.17) is 9.47 Å². The molecular formula is C46H59FN6O11S2. The Kier molecular flexibility index (Phi) is 13.3. The van der Waals surface area contributed by atoms with Crippen molar-refractivity contribution in [3.8, 4) is 17.0 Å². The third-order valence-corrected chi connectivity index (χ3v) is 16.4. The number of halogens is 1. The number of phenolic OH excluding ortho intramolecular Hbond substituents is 1. The highest BCUT2D eigenvalue weighted by Gasteiger charge is 2.63. The minimum atomic E-state index is -3.97. The number of fused-ring (bicyclic) bond motifs is 4. The maximum atomic E-state index is 14.9. The Balaban J connectivity index is 1.04. The van der Waals surface area contributed by atoms with Crippen LogP contribution in [0, 0.1) is 29.5 Å². The van der Waals surface area contributed by atoms with Crippen LogP contribution in [0.5, 0.6) is 5.75 Å². The highest BCUT2D eigenvalue weighted by molar-refractivity contribution is 7.91. The second-order valence-electron chi connectivity index (χ2n) is 20.0. The van der Waals surface area contributed by atoms with Crippen molar-refractivity contribution < 1.29 is 56.2 Å². The van der Waals surface area contributed by atoms with Crippen molar-refractivity contribution in [1.29, 1.82) is 0 Å². The standard InChI is InChI=1S/C46H59FN6O11S2/c1-44(2,3)64-43(60)50-45(17-9-10-18-45)26-63-36(55)20-28-11-7-5-4-6-8-12-30-21-46(30,42(59)51-66(61,62)31-14-15-31)49-38(56)37-32-24-52(22-29(32)23-53(37)40(28)57)41(58)39-48-34(25-65-39)27-13-16-35(54)33(47)19-27/h8,12-13,16,19,25,28-32,37,54H,4-7,9-11,14-15,17-18,20-24,26H2,1-3H3,(H,49,56)(H,50,60)(H,51,59)/b12-8-/t28-,29+,30-,32+,37+,46-/m1/s1. The van der Waals surface area contributed by atoms with E-state index in [1.165, 1.54) is 17.0 Å². The summed E-state index contributed by atoms with van der Waals surface area (Å²) in [6, 6.07) is 2.62. The molecule has 17 nitrogen and oxygen atoms in total. The number of thiazole rings is 1. The molecule has 6 atom stereocenters. The first-order valence-electron chi connectivity index (χ1n) is 23.0. The minimum Gasteiger partial charge on any atom is -0.505 e. The number of likely N-dealkylation sites (tertiary alicyclic amines) is 1. The van der Waals surface area contributed by atoms with E-state index in [9.17, 15) is 46.7 Å². The summed E-state index contributed by atoms with van der Waals surface area (Å²) in [7, 11) is -3.97. The molecule has 0 bridgehead atoms. The average molecular weight is 955 g/mol. The molecule has 4 heterocycles. The maximum absolute atomic E-state index is 14.9. The number of hydrogen-bond donors (Lipinski definition) is 4. The number of esters is 1. The number of alkyl carbamates (subject to hydrolysis) is 1. The Morgan fingerprint density at radius 2 is 1.79 bits per heavy atom. The lowest BCUT2D eigenvalue weighted by Gasteiger charge is -2.33. The molecule has 1 aromatic carbocycles. The number of aromatic nitrogens is 1. The van der Waals surface area contributed by atoms with Gasteiger partial charge in [-0.15, -0.1) is 11.3 Å². The fourth-order valence-electron chi connectivity index (χ4n) is 10.0. The topological polar surface area (TPSA) is 231 Å². The molecule has 358 valence electrons. The van der Waals surface area contributed by atoms with Gasteiger partial charge in [-0.05, 0) is 90.3 Å². The van der Waals surface area contributed by atoms with Gasteiger partial charge in [-0.3, -0.25) is 28.7 Å². The summed E-state index contributed by atoms with van der Waals surface area (Å²) in [6.45, 7) is 5.45. The molecule has 3 saturated carbocycles. The Morgan fingerprint density at radius 1 is 1.03 bits per heavy atom. The van der Waals surface area contributed by atoms with Gasteiger partial charge in [0.2, 0.25) is 21.8 Å². The number of carbonyl (C=O) groups is 6. The molecule has 66 heavy (non-hydrogen) atoms. The molecule has 4 N–H and O–H groups in total. The molecule has 0 spiro atoms. The van der Waals surface area contributed by atoms with E-state index in [0.717, 1.165) is 43.1 Å². The number of aromatic hydroxyl groups is 1. The van der Waals surface area contributed by atoms with Gasteiger partial charge < -0.3 is 35.0 Å². The molecule has 5 fully saturated rings. The van der Waals surface area contributed by atoms with Gasteiger partial charge in [-0.25, -0.2) is 22.6 Å². The van der Waals surface area contributed by atoms with Crippen molar-refractivity contribution in [2.24, 2.45) is 23.7 Å². The predicted octanol–water partition coefficient (Wildman–Crippen LogP) is 4.94. The molecule has 6 aliphatic rings. The number of rotatable bonds is 10. The van der Waals surface area contributed by atoms with Gasteiger partial charge in [0.25, 0.3) is 11.8 Å². The first-order chi connectivity index (χ1) is 31.3. The average Bonchev–Trinajstić information content (AvgIpc) is 3.94. The summed E-state index contributed by atoms with van der Waals surface area (Å²) in [5.41, 5.74) is -2.44. The maximum Gasteiger partial charge on any atom is 0.408 e. The molecule has 2 aromatic rings. The second kappa shape index (κ2) is 18.5. The van der Waals surface area contributed by atoms with Gasteiger partial charge in [0.1, 0.15) is 23.8 Å². The molecule has 5 amide bonds. The Bertz CT molecular complexity index is 2390. The smallest absolute Gasteiger partial charge is 0.408 e. The van der Waals surface area contributed by atoms with Gasteiger partial charge in [0.15, 0.2) is 16.6 Å². The first-order valence-corrected chi connectivity index (χ1v) is 25.4. The van der Waals surface area contributed by atoms with E-state index in [0.29, 0.717) is 56.2 Å². The van der Waals surface area contributed by atoms with Gasteiger partial charge in [0.05, 0.1) is 22.9 Å². The fourth-order valence-corrected chi connectivity index (χ4v) is 12.2. The minimum absolute atomic E-state index is 0.0478. The van der Waals surface area contributed by atoms with Gasteiger partial charge in [-0.2, -0.15) is 0 Å². The second-order valence-corrected chi connectivity index (χ2v) is 22.8. The molecule has 3 aliphatic heterocycles. The number of amides is 5.